The molecule has 0 rings (SSSR count). The van der Waals surface area contributed by atoms with E-state index in [2.05, 4.69) is 20.3 Å². The molecule has 0 radical (unpaired) electrons. The molecule has 0 spiro atoms. The molecule has 0 aromatic carbocycles. The highest BCUT2D eigenvalue weighted by Gasteiger charge is 2.20. The SMILES string of the molecule is CN(C)[C@@H](CCCN=C(N)N)C(=O)O.CN(CCC[C@@H](C(=O)O)N(C)C)C(=N)N.CN[C@@H](CCCN=C(N)N)C(=O)O.NC(N)=NCCC[C@H](N)C(=O)O. The van der Waals surface area contributed by atoms with Crippen LogP contribution in [0.2, 0.25) is 0 Å². The summed E-state index contributed by atoms with van der Waals surface area (Å²) in [7, 11) is 10.3. The maximum absolute atomic E-state index is 10.8. The number of rotatable bonds is 23. The number of likely N-dealkylation sites (N-methyl/N-ethyl adjacent to an activating group) is 3. The molecule has 0 aliphatic carbocycles. The fourth-order valence-electron chi connectivity index (χ4n) is 3.88. The lowest BCUT2D eigenvalue weighted by Crippen LogP contribution is -2.37. The third-order valence-corrected chi connectivity index (χ3v) is 7.01. The van der Waals surface area contributed by atoms with E-state index >= 15 is 0 Å². The highest BCUT2D eigenvalue weighted by atomic mass is 16.4. The van der Waals surface area contributed by atoms with Crippen LogP contribution in [0.15, 0.2) is 15.0 Å². The Morgan fingerprint density at radius 2 is 0.944 bits per heavy atom. The smallest absolute Gasteiger partial charge is 0.320 e. The Hall–Kier alpha value is -5.20. The van der Waals surface area contributed by atoms with Crippen LogP contribution >= 0.6 is 0 Å². The minimum absolute atomic E-state index is 0.00623. The first-order chi connectivity index (χ1) is 24.9. The maximum atomic E-state index is 10.8. The number of nitrogens with one attached hydrogen (secondary N) is 2. The first-order valence-corrected chi connectivity index (χ1v) is 16.8. The van der Waals surface area contributed by atoms with E-state index in [1.165, 1.54) is 0 Å². The van der Waals surface area contributed by atoms with Crippen LogP contribution < -0.4 is 51.2 Å². The first kappa shape index (κ1) is 55.6. The second kappa shape index (κ2) is 33.6. The first-order valence-electron chi connectivity index (χ1n) is 16.8. The number of carbonyl (C=O) groups is 4. The zero-order valence-corrected chi connectivity index (χ0v) is 32.5. The molecule has 0 fully saturated rings. The van der Waals surface area contributed by atoms with Gasteiger partial charge in [-0.15, -0.1) is 0 Å². The van der Waals surface area contributed by atoms with Crippen LogP contribution in [0.3, 0.4) is 0 Å². The van der Waals surface area contributed by atoms with Gasteiger partial charge < -0.3 is 76.5 Å². The molecular formula is C30H68N16O8. The van der Waals surface area contributed by atoms with Crippen molar-refractivity contribution in [3.63, 3.8) is 0 Å². The number of aliphatic imine (C=N–C) groups is 3. The highest BCUT2D eigenvalue weighted by Crippen LogP contribution is 2.05. The predicted octanol–water partition coefficient (Wildman–Crippen LogP) is -4.17. The van der Waals surface area contributed by atoms with Gasteiger partial charge in [0.15, 0.2) is 23.8 Å². The van der Waals surface area contributed by atoms with Crippen molar-refractivity contribution in [3.05, 3.63) is 0 Å². The number of nitrogens with two attached hydrogens (primary N) is 8. The van der Waals surface area contributed by atoms with Crippen LogP contribution in [0.5, 0.6) is 0 Å². The third kappa shape index (κ3) is 36.6. The van der Waals surface area contributed by atoms with Gasteiger partial charge in [0.2, 0.25) is 0 Å². The fraction of sp³-hybridized carbons (Fsp3) is 0.733. The van der Waals surface area contributed by atoms with E-state index in [1.54, 1.807) is 57.0 Å². The average molecular weight is 781 g/mol. The van der Waals surface area contributed by atoms with Crippen molar-refractivity contribution >= 4 is 47.7 Å². The summed E-state index contributed by atoms with van der Waals surface area (Å²) in [5.74, 6) is -3.39. The Labute approximate surface area is 317 Å². The minimum atomic E-state index is -1.00. The highest BCUT2D eigenvalue weighted by molar-refractivity contribution is 5.77. The quantitative estimate of drug-likeness (QED) is 0.0266. The van der Waals surface area contributed by atoms with Gasteiger partial charge in [0.05, 0.1) is 0 Å². The predicted molar refractivity (Wildman–Crippen MR) is 210 cm³/mol. The van der Waals surface area contributed by atoms with Crippen molar-refractivity contribution in [2.24, 2.45) is 60.8 Å². The molecule has 24 nitrogen and oxygen atoms in total. The number of carboxylic acids is 4. The lowest BCUT2D eigenvalue weighted by Gasteiger charge is -2.22. The number of nitrogens with zero attached hydrogens (tertiary/aromatic N) is 6. The molecule has 0 heterocycles. The Morgan fingerprint density at radius 1 is 0.593 bits per heavy atom. The van der Waals surface area contributed by atoms with Gasteiger partial charge in [0, 0.05) is 33.2 Å². The lowest BCUT2D eigenvalue weighted by atomic mass is 10.1. The average Bonchev–Trinajstić information content (AvgIpc) is 3.04. The van der Waals surface area contributed by atoms with Crippen LogP contribution in [0, 0.1) is 5.41 Å². The maximum Gasteiger partial charge on any atom is 0.320 e. The lowest BCUT2D eigenvalue weighted by molar-refractivity contribution is -0.143. The Kier molecular flexibility index (Phi) is 34.6. The molecule has 0 bridgehead atoms. The van der Waals surface area contributed by atoms with Crippen molar-refractivity contribution in [1.82, 2.24) is 20.0 Å². The summed E-state index contributed by atoms with van der Waals surface area (Å²) in [6.45, 7) is 1.96. The van der Waals surface area contributed by atoms with E-state index in [0.29, 0.717) is 77.5 Å². The van der Waals surface area contributed by atoms with Crippen molar-refractivity contribution in [1.29, 1.82) is 5.41 Å². The third-order valence-electron chi connectivity index (χ3n) is 7.01. The fourth-order valence-corrected chi connectivity index (χ4v) is 3.88. The standard InChI is InChI=1S/C9H20N4O2.C8H18N4O2.C7H16N4O2.C6H14N4O2/c1-12(2)7(8(14)15)5-4-6-13(3)9(10)11;1-12(2)6(7(13)14)4-3-5-11-8(9)10;1-10-5(6(12)13)3-2-4-11-7(8)9;7-4(5(11)12)2-1-3-10-6(8)9/h7H,4-6H2,1-3H3,(H3,10,11)(H,14,15);6H,3-5H2,1-2H3,(H,13,14)(H4,9,10,11);5,10H,2-4H2,1H3,(H,12,13)(H4,8,9,11);4H,1-3,7H2,(H,11,12)(H4,8,9,10)/t7-;6-;5-;4-/m0000/s1. The molecule has 0 aromatic rings. The van der Waals surface area contributed by atoms with Gasteiger partial charge in [-0.05, 0) is 86.6 Å². The van der Waals surface area contributed by atoms with Crippen molar-refractivity contribution < 1.29 is 39.6 Å². The number of hydrogen-bond acceptors (Lipinski definition) is 12. The normalized spacial score (nSPS) is 12.3. The van der Waals surface area contributed by atoms with E-state index < -0.39 is 48.0 Å². The van der Waals surface area contributed by atoms with Crippen molar-refractivity contribution in [2.75, 3.05) is 68.5 Å². The summed E-state index contributed by atoms with van der Waals surface area (Å²) in [4.78, 5) is 58.4. The summed E-state index contributed by atoms with van der Waals surface area (Å²) < 4.78 is 0. The van der Waals surface area contributed by atoms with Crippen LogP contribution in [0.4, 0.5) is 0 Å². The molecular weight excluding hydrogens is 712 g/mol. The molecule has 0 unspecified atom stereocenters. The number of guanidine groups is 4. The Balaban J connectivity index is -0.000000310. The monoisotopic (exact) mass is 781 g/mol. The number of aliphatic carboxylic acids is 4. The van der Waals surface area contributed by atoms with Gasteiger partial charge >= 0.3 is 23.9 Å². The molecule has 0 saturated heterocycles. The molecule has 0 aliphatic heterocycles. The molecule has 0 aliphatic rings. The Morgan fingerprint density at radius 3 is 1.22 bits per heavy atom. The minimum Gasteiger partial charge on any atom is -0.480 e. The van der Waals surface area contributed by atoms with E-state index in [-0.39, 0.29) is 23.8 Å². The van der Waals surface area contributed by atoms with Crippen LogP contribution in [0.1, 0.15) is 51.4 Å². The zero-order valence-electron chi connectivity index (χ0n) is 32.5. The second-order valence-electron chi connectivity index (χ2n) is 12.1. The number of hydrogen-bond donors (Lipinski definition) is 14. The molecule has 0 amide bonds. The molecule has 0 saturated carbocycles. The zero-order chi connectivity index (χ0) is 43.0. The molecule has 4 atom stereocenters. The Bertz CT molecular complexity index is 1160. The summed E-state index contributed by atoms with van der Waals surface area (Å²) in [5.41, 5.74) is 41.0. The van der Waals surface area contributed by atoms with Crippen molar-refractivity contribution in [3.8, 4) is 0 Å². The number of carboxylic acid groups (broad SMARTS) is 4. The van der Waals surface area contributed by atoms with E-state index in [4.69, 9.17) is 71.7 Å². The second-order valence-corrected chi connectivity index (χ2v) is 12.1. The molecule has 54 heavy (non-hydrogen) atoms. The van der Waals surface area contributed by atoms with Crippen LogP contribution in [0.25, 0.3) is 0 Å². The molecule has 0 aromatic heterocycles. The summed E-state index contributed by atoms with van der Waals surface area (Å²) in [5, 5.41) is 44.5. The molecule has 316 valence electrons. The van der Waals surface area contributed by atoms with E-state index in [1.807, 2.05) is 0 Å². The molecule has 22 N–H and O–H groups in total. The summed E-state index contributed by atoms with van der Waals surface area (Å²) in [6, 6.07) is -2.28. The van der Waals surface area contributed by atoms with Gasteiger partial charge in [-0.3, -0.25) is 49.4 Å². The van der Waals surface area contributed by atoms with Gasteiger partial charge in [0.1, 0.15) is 24.2 Å². The topological polar surface area (TPSA) is 440 Å². The van der Waals surface area contributed by atoms with Crippen molar-refractivity contribution in [2.45, 2.75) is 75.5 Å². The van der Waals surface area contributed by atoms with E-state index in [9.17, 15) is 19.2 Å². The van der Waals surface area contributed by atoms with Gasteiger partial charge in [0.25, 0.3) is 0 Å². The van der Waals surface area contributed by atoms with Gasteiger partial charge in [-0.2, -0.15) is 0 Å². The summed E-state index contributed by atoms with van der Waals surface area (Å²) >= 11 is 0. The molecule has 24 heteroatoms. The van der Waals surface area contributed by atoms with Crippen LogP contribution in [-0.4, -0.2) is 175 Å². The van der Waals surface area contributed by atoms with E-state index in [0.717, 1.165) is 0 Å². The van der Waals surface area contributed by atoms with Gasteiger partial charge in [-0.1, -0.05) is 0 Å². The largest absolute Gasteiger partial charge is 0.480 e. The van der Waals surface area contributed by atoms with Gasteiger partial charge in [-0.25, -0.2) is 0 Å². The summed E-state index contributed by atoms with van der Waals surface area (Å²) in [6.07, 6.45) is 4.58. The van der Waals surface area contributed by atoms with Crippen LogP contribution in [-0.2, 0) is 19.2 Å².